The second kappa shape index (κ2) is 2.56. The molecule has 2 aromatic rings. The van der Waals surface area contributed by atoms with Gasteiger partial charge in [0.2, 0.25) is 4.21 Å². The van der Waals surface area contributed by atoms with E-state index < -0.39 is 0 Å². The Kier molecular flexibility index (Phi) is 1.57. The van der Waals surface area contributed by atoms with E-state index in [0.29, 0.717) is 10.5 Å². The summed E-state index contributed by atoms with van der Waals surface area (Å²) in [7, 11) is 0.298. The standard InChI is InChI=1S/C8H7S2/c1-2-7-10(6-1)8-4-3-5-9-8/h1-7H/q+1. The molecule has 0 bridgehead atoms. The van der Waals surface area contributed by atoms with Gasteiger partial charge in [0.05, 0.1) is 0 Å². The smallest absolute Gasteiger partial charge is 0.0893 e. The summed E-state index contributed by atoms with van der Waals surface area (Å²) in [6.07, 6.45) is 0. The lowest BCUT2D eigenvalue weighted by atomic mass is 10.7. The molecule has 0 saturated carbocycles. The van der Waals surface area contributed by atoms with Crippen molar-refractivity contribution in [1.82, 2.24) is 0 Å². The zero-order valence-electron chi connectivity index (χ0n) is 5.36. The molecule has 0 amide bonds. The van der Waals surface area contributed by atoms with Crippen molar-refractivity contribution >= 4 is 21.8 Å². The van der Waals surface area contributed by atoms with Crippen molar-refractivity contribution in [2.75, 3.05) is 0 Å². The molecule has 0 spiro atoms. The van der Waals surface area contributed by atoms with Gasteiger partial charge >= 0.3 is 0 Å². The average molecular weight is 167 g/mol. The quantitative estimate of drug-likeness (QED) is 0.570. The molecule has 0 radical (unpaired) electrons. The molecule has 2 heterocycles. The fourth-order valence-electron chi connectivity index (χ4n) is 0.837. The number of rotatable bonds is 1. The fourth-order valence-corrected chi connectivity index (χ4v) is 3.34. The highest BCUT2D eigenvalue weighted by Gasteiger charge is 2.05. The summed E-state index contributed by atoms with van der Waals surface area (Å²) in [4.78, 5) is 0. The molecule has 2 rings (SSSR count). The molecule has 2 heteroatoms. The van der Waals surface area contributed by atoms with Gasteiger partial charge in [-0.25, -0.2) is 0 Å². The maximum absolute atomic E-state index is 2.24. The second-order valence-electron chi connectivity index (χ2n) is 1.96. The van der Waals surface area contributed by atoms with Gasteiger partial charge in [-0.3, -0.25) is 0 Å². The summed E-state index contributed by atoms with van der Waals surface area (Å²) in [6, 6.07) is 8.52. The van der Waals surface area contributed by atoms with E-state index >= 15 is 0 Å². The SMILES string of the molecule is c1csc(-[s+]2cccc2)c1. The minimum absolute atomic E-state index is 0.298. The highest BCUT2D eigenvalue weighted by molar-refractivity contribution is 7.47. The van der Waals surface area contributed by atoms with Crippen LogP contribution in [0.5, 0.6) is 0 Å². The Morgan fingerprint density at radius 2 is 1.90 bits per heavy atom. The monoisotopic (exact) mass is 167 g/mol. The molecular weight excluding hydrogens is 160 g/mol. The largest absolute Gasteiger partial charge is 0.232 e. The van der Waals surface area contributed by atoms with E-state index in [4.69, 9.17) is 0 Å². The Labute approximate surface area is 66.7 Å². The molecule has 2 aromatic heterocycles. The minimum atomic E-state index is 0.298. The predicted molar refractivity (Wildman–Crippen MR) is 48.1 cm³/mol. The Hall–Kier alpha value is -0.600. The third-order valence-electron chi connectivity index (χ3n) is 1.29. The van der Waals surface area contributed by atoms with Crippen molar-refractivity contribution in [1.29, 1.82) is 0 Å². The molecule has 0 nitrogen and oxygen atoms in total. The van der Waals surface area contributed by atoms with E-state index in [0.717, 1.165) is 0 Å². The number of hydrogen-bond acceptors (Lipinski definition) is 1. The summed E-state index contributed by atoms with van der Waals surface area (Å²) in [5.74, 6) is 0. The predicted octanol–water partition coefficient (Wildman–Crippen LogP) is 3.49. The van der Waals surface area contributed by atoms with Gasteiger partial charge in [0.25, 0.3) is 0 Å². The van der Waals surface area contributed by atoms with Crippen LogP contribution in [0.1, 0.15) is 0 Å². The summed E-state index contributed by atoms with van der Waals surface area (Å²) in [6.45, 7) is 0. The van der Waals surface area contributed by atoms with Gasteiger partial charge in [0.1, 0.15) is 10.8 Å². The van der Waals surface area contributed by atoms with Crippen molar-refractivity contribution in [3.8, 4) is 4.21 Å². The van der Waals surface area contributed by atoms with Gasteiger partial charge in [0.15, 0.2) is 0 Å². The zero-order valence-corrected chi connectivity index (χ0v) is 6.99. The maximum Gasteiger partial charge on any atom is 0.232 e. The number of thiophene rings is 2. The maximum atomic E-state index is 2.24. The van der Waals surface area contributed by atoms with Crippen LogP contribution in [-0.2, 0) is 0 Å². The first-order valence-electron chi connectivity index (χ1n) is 3.07. The lowest BCUT2D eigenvalue weighted by molar-refractivity contribution is 2.03. The first-order chi connectivity index (χ1) is 4.97. The molecule has 0 N–H and O–H groups in total. The van der Waals surface area contributed by atoms with Gasteiger partial charge in [-0.15, -0.1) is 0 Å². The van der Waals surface area contributed by atoms with Crippen LogP contribution in [-0.4, -0.2) is 0 Å². The summed E-state index contributed by atoms with van der Waals surface area (Å²) in [5.41, 5.74) is 0. The molecule has 0 aliphatic carbocycles. The molecule has 10 heavy (non-hydrogen) atoms. The van der Waals surface area contributed by atoms with Crippen molar-refractivity contribution in [2.45, 2.75) is 0 Å². The Bertz CT molecular complexity index is 247. The number of hydrogen-bond donors (Lipinski definition) is 0. The van der Waals surface area contributed by atoms with Crippen LogP contribution in [0, 0.1) is 0 Å². The highest BCUT2D eigenvalue weighted by atomic mass is 32.2. The Balaban J connectivity index is 2.48. The first-order valence-corrected chi connectivity index (χ1v) is 5.30. The van der Waals surface area contributed by atoms with E-state index in [1.54, 1.807) is 0 Å². The van der Waals surface area contributed by atoms with Crippen LogP contribution in [0.4, 0.5) is 0 Å². The van der Waals surface area contributed by atoms with Crippen LogP contribution in [0.15, 0.2) is 40.4 Å². The Morgan fingerprint density at radius 1 is 1.10 bits per heavy atom. The van der Waals surface area contributed by atoms with Crippen LogP contribution >= 0.6 is 21.8 Å². The average Bonchev–Trinajstić information content (AvgIpc) is 2.59. The van der Waals surface area contributed by atoms with E-state index in [2.05, 4.69) is 40.4 Å². The normalized spacial score (nSPS) is 10.0. The Morgan fingerprint density at radius 3 is 2.50 bits per heavy atom. The van der Waals surface area contributed by atoms with Gasteiger partial charge in [-0.1, -0.05) is 11.3 Å². The summed E-state index contributed by atoms with van der Waals surface area (Å²) >= 11 is 1.83. The molecule has 50 valence electrons. The molecule has 0 aromatic carbocycles. The molecule has 0 aliphatic rings. The molecule has 0 unspecified atom stereocenters. The highest BCUT2D eigenvalue weighted by Crippen LogP contribution is 2.33. The van der Waals surface area contributed by atoms with Gasteiger partial charge < -0.3 is 0 Å². The van der Waals surface area contributed by atoms with Crippen molar-refractivity contribution < 1.29 is 0 Å². The summed E-state index contributed by atoms with van der Waals surface area (Å²) in [5, 5.41) is 6.61. The molecule has 0 aliphatic heterocycles. The molecule has 0 saturated heterocycles. The minimum Gasteiger partial charge on any atom is -0.0893 e. The fraction of sp³-hybridized carbons (Fsp3) is 0. The third kappa shape index (κ3) is 1.00. The van der Waals surface area contributed by atoms with E-state index in [9.17, 15) is 0 Å². The van der Waals surface area contributed by atoms with Crippen LogP contribution < -0.4 is 0 Å². The van der Waals surface area contributed by atoms with Gasteiger partial charge in [-0.2, -0.15) is 0 Å². The molecule has 0 fully saturated rings. The van der Waals surface area contributed by atoms with Crippen molar-refractivity contribution in [3.63, 3.8) is 0 Å². The van der Waals surface area contributed by atoms with Gasteiger partial charge in [0, 0.05) is 16.5 Å². The molecular formula is C8H7S2+. The van der Waals surface area contributed by atoms with E-state index in [1.165, 1.54) is 4.21 Å². The zero-order chi connectivity index (χ0) is 6.81. The lowest BCUT2D eigenvalue weighted by Crippen LogP contribution is -1.48. The topological polar surface area (TPSA) is 0 Å². The first kappa shape index (κ1) is 6.13. The van der Waals surface area contributed by atoms with Crippen molar-refractivity contribution in [2.24, 2.45) is 0 Å². The van der Waals surface area contributed by atoms with E-state index in [1.807, 2.05) is 11.3 Å². The molecule has 0 atom stereocenters. The lowest BCUT2D eigenvalue weighted by Gasteiger charge is -1.74. The van der Waals surface area contributed by atoms with Crippen LogP contribution in [0.3, 0.4) is 0 Å². The van der Waals surface area contributed by atoms with Crippen LogP contribution in [0.25, 0.3) is 4.21 Å². The second-order valence-corrected chi connectivity index (χ2v) is 4.89. The van der Waals surface area contributed by atoms with E-state index in [-0.39, 0.29) is 0 Å². The summed E-state index contributed by atoms with van der Waals surface area (Å²) < 4.78 is 1.46. The third-order valence-corrected chi connectivity index (χ3v) is 4.32. The van der Waals surface area contributed by atoms with Crippen LogP contribution in [0.2, 0.25) is 0 Å². The van der Waals surface area contributed by atoms with Gasteiger partial charge in [-0.05, 0) is 23.6 Å². The van der Waals surface area contributed by atoms with Crippen molar-refractivity contribution in [3.05, 3.63) is 40.4 Å².